The number of fused-ring (bicyclic) bond motifs is 2. The molecule has 118 valence electrons. The fourth-order valence-electron chi connectivity index (χ4n) is 4.66. The summed E-state index contributed by atoms with van der Waals surface area (Å²) in [7, 11) is 0. The van der Waals surface area contributed by atoms with Gasteiger partial charge in [-0.2, -0.15) is 0 Å². The van der Waals surface area contributed by atoms with Gasteiger partial charge in [0.2, 0.25) is 0 Å². The van der Waals surface area contributed by atoms with Crippen LogP contribution in [0.2, 0.25) is 0 Å². The second kappa shape index (κ2) is 5.39. The van der Waals surface area contributed by atoms with Crippen molar-refractivity contribution in [1.82, 2.24) is 0 Å². The number of aliphatic carboxylic acids is 2. The van der Waals surface area contributed by atoms with Crippen LogP contribution in [-0.2, 0) is 16.0 Å². The Bertz CT molecular complexity index is 588. The summed E-state index contributed by atoms with van der Waals surface area (Å²) in [4.78, 5) is 23.1. The second-order valence-corrected chi connectivity index (χ2v) is 6.68. The number of carboxylic acids is 2. The molecule has 1 aromatic carbocycles. The minimum absolute atomic E-state index is 0.107. The molecule has 2 fully saturated rings. The number of carboxylic acid groups (broad SMARTS) is 2. The monoisotopic (exact) mass is 303 g/mol. The van der Waals surface area contributed by atoms with E-state index in [1.165, 1.54) is 5.56 Å². The van der Waals surface area contributed by atoms with Gasteiger partial charge in [0.05, 0.1) is 5.92 Å². The summed E-state index contributed by atoms with van der Waals surface area (Å²) in [5.41, 5.74) is 5.72. The van der Waals surface area contributed by atoms with E-state index < -0.39 is 23.4 Å². The van der Waals surface area contributed by atoms with Gasteiger partial charge in [0, 0.05) is 0 Å². The Morgan fingerprint density at radius 2 is 1.86 bits per heavy atom. The third kappa shape index (κ3) is 2.20. The minimum Gasteiger partial charge on any atom is -0.481 e. The van der Waals surface area contributed by atoms with Crippen molar-refractivity contribution in [2.75, 3.05) is 0 Å². The topological polar surface area (TPSA) is 101 Å². The van der Waals surface area contributed by atoms with Crippen LogP contribution in [0.3, 0.4) is 0 Å². The normalized spacial score (nSPS) is 36.4. The smallest absolute Gasteiger partial charge is 0.324 e. The molecular weight excluding hydrogens is 282 g/mol. The number of rotatable bonds is 5. The van der Waals surface area contributed by atoms with Gasteiger partial charge >= 0.3 is 11.9 Å². The van der Waals surface area contributed by atoms with E-state index in [9.17, 15) is 19.8 Å². The predicted octanol–water partition coefficient (Wildman–Crippen LogP) is 1.76. The summed E-state index contributed by atoms with van der Waals surface area (Å²) in [5.74, 6) is -3.34. The maximum atomic E-state index is 11.7. The molecule has 0 unspecified atom stereocenters. The highest BCUT2D eigenvalue weighted by atomic mass is 16.4. The number of nitrogens with two attached hydrogens (primary N) is 1. The van der Waals surface area contributed by atoms with Gasteiger partial charge < -0.3 is 15.9 Å². The number of benzene rings is 1. The highest BCUT2D eigenvalue weighted by Gasteiger charge is 2.66. The van der Waals surface area contributed by atoms with Gasteiger partial charge in [-0.25, -0.2) is 0 Å². The van der Waals surface area contributed by atoms with Gasteiger partial charge in [-0.1, -0.05) is 30.3 Å². The fourth-order valence-corrected chi connectivity index (χ4v) is 4.66. The molecule has 1 aromatic rings. The first kappa shape index (κ1) is 15.0. The number of carbonyl (C=O) groups is 2. The summed E-state index contributed by atoms with van der Waals surface area (Å²) < 4.78 is 0. The van der Waals surface area contributed by atoms with Crippen LogP contribution in [0.25, 0.3) is 0 Å². The van der Waals surface area contributed by atoms with Crippen LogP contribution in [0.5, 0.6) is 0 Å². The van der Waals surface area contributed by atoms with Crippen LogP contribution in [0.15, 0.2) is 30.3 Å². The molecule has 0 spiro atoms. The second-order valence-electron chi connectivity index (χ2n) is 6.68. The Morgan fingerprint density at radius 3 is 2.45 bits per heavy atom. The van der Waals surface area contributed by atoms with E-state index in [-0.39, 0.29) is 17.8 Å². The molecule has 0 radical (unpaired) electrons. The molecule has 2 aliphatic rings. The molecule has 5 heteroatoms. The van der Waals surface area contributed by atoms with Gasteiger partial charge in [0.1, 0.15) is 5.54 Å². The molecule has 2 bridgehead atoms. The zero-order valence-corrected chi connectivity index (χ0v) is 12.3. The van der Waals surface area contributed by atoms with Gasteiger partial charge in [-0.05, 0) is 49.0 Å². The standard InChI is InChI=1S/C17H21NO4/c18-17(16(21)22)13-9-12(14(17)15(19)20)8-11(13)7-6-10-4-2-1-3-5-10/h1-5,11-14H,6-9,18H2,(H,19,20)(H,21,22)/t11-,12-,13-,14-,17-/m1/s1. The maximum Gasteiger partial charge on any atom is 0.324 e. The molecule has 0 aromatic heterocycles. The zero-order chi connectivity index (χ0) is 15.9. The van der Waals surface area contributed by atoms with Crippen LogP contribution in [-0.4, -0.2) is 27.7 Å². The van der Waals surface area contributed by atoms with E-state index >= 15 is 0 Å². The first-order chi connectivity index (χ1) is 10.4. The Morgan fingerprint density at radius 1 is 1.18 bits per heavy atom. The molecule has 2 aliphatic carbocycles. The quantitative estimate of drug-likeness (QED) is 0.769. The molecule has 22 heavy (non-hydrogen) atoms. The summed E-state index contributed by atoms with van der Waals surface area (Å²) >= 11 is 0. The molecule has 0 saturated heterocycles. The lowest BCUT2D eigenvalue weighted by Gasteiger charge is -2.39. The molecule has 0 amide bonds. The van der Waals surface area contributed by atoms with Crippen molar-refractivity contribution >= 4 is 11.9 Å². The Balaban J connectivity index is 1.75. The summed E-state index contributed by atoms with van der Waals surface area (Å²) in [6, 6.07) is 10.1. The van der Waals surface area contributed by atoms with E-state index in [1.807, 2.05) is 18.2 Å². The van der Waals surface area contributed by atoms with Crippen molar-refractivity contribution in [1.29, 1.82) is 0 Å². The molecule has 2 saturated carbocycles. The highest BCUT2D eigenvalue weighted by Crippen LogP contribution is 2.57. The average Bonchev–Trinajstić information content (AvgIpc) is 3.02. The van der Waals surface area contributed by atoms with Crippen molar-refractivity contribution in [2.45, 2.75) is 31.2 Å². The van der Waals surface area contributed by atoms with E-state index in [0.29, 0.717) is 6.42 Å². The molecule has 5 atom stereocenters. The van der Waals surface area contributed by atoms with Crippen LogP contribution in [0.1, 0.15) is 24.8 Å². The first-order valence-corrected chi connectivity index (χ1v) is 7.73. The van der Waals surface area contributed by atoms with E-state index in [2.05, 4.69) is 12.1 Å². The van der Waals surface area contributed by atoms with E-state index in [1.54, 1.807) is 0 Å². The largest absolute Gasteiger partial charge is 0.481 e. The van der Waals surface area contributed by atoms with E-state index in [4.69, 9.17) is 5.73 Å². The Hall–Kier alpha value is -1.88. The summed E-state index contributed by atoms with van der Waals surface area (Å²) in [6.07, 6.45) is 3.14. The van der Waals surface area contributed by atoms with Gasteiger partial charge in [-0.15, -0.1) is 0 Å². The van der Waals surface area contributed by atoms with Crippen molar-refractivity contribution in [3.8, 4) is 0 Å². The zero-order valence-electron chi connectivity index (χ0n) is 12.3. The number of hydrogen-bond donors (Lipinski definition) is 3. The lowest BCUT2D eigenvalue weighted by molar-refractivity contribution is -0.159. The lowest BCUT2D eigenvalue weighted by Crippen LogP contribution is -2.62. The summed E-state index contributed by atoms with van der Waals surface area (Å²) in [6.45, 7) is 0. The predicted molar refractivity (Wildman–Crippen MR) is 80.1 cm³/mol. The fraction of sp³-hybridized carbons (Fsp3) is 0.529. The van der Waals surface area contributed by atoms with Crippen molar-refractivity contribution < 1.29 is 19.8 Å². The van der Waals surface area contributed by atoms with Crippen LogP contribution in [0.4, 0.5) is 0 Å². The molecule has 4 N–H and O–H groups in total. The van der Waals surface area contributed by atoms with Crippen molar-refractivity contribution in [2.24, 2.45) is 29.4 Å². The lowest BCUT2D eigenvalue weighted by atomic mass is 9.67. The molecule has 0 aliphatic heterocycles. The summed E-state index contributed by atoms with van der Waals surface area (Å²) in [5, 5.41) is 18.9. The van der Waals surface area contributed by atoms with Crippen LogP contribution >= 0.6 is 0 Å². The third-order valence-corrected chi connectivity index (χ3v) is 5.61. The highest BCUT2D eigenvalue weighted by molar-refractivity contribution is 5.88. The van der Waals surface area contributed by atoms with Crippen molar-refractivity contribution in [3.63, 3.8) is 0 Å². The average molecular weight is 303 g/mol. The molecule has 5 nitrogen and oxygen atoms in total. The SMILES string of the molecule is N[C@]1(C(=O)O)[C@@H]2C[C@@H](C[C@H]2CCc2ccccc2)[C@@H]1C(=O)O. The van der Waals surface area contributed by atoms with Crippen LogP contribution in [0, 0.1) is 23.7 Å². The Labute approximate surface area is 129 Å². The van der Waals surface area contributed by atoms with E-state index in [0.717, 1.165) is 19.3 Å². The molecular formula is C17H21NO4. The maximum absolute atomic E-state index is 11.7. The minimum atomic E-state index is -1.61. The first-order valence-electron chi connectivity index (χ1n) is 7.73. The van der Waals surface area contributed by atoms with Crippen LogP contribution < -0.4 is 5.73 Å². The number of aryl methyl sites for hydroxylation is 1. The molecule has 3 rings (SSSR count). The Kier molecular flexibility index (Phi) is 3.68. The van der Waals surface area contributed by atoms with Crippen molar-refractivity contribution in [3.05, 3.63) is 35.9 Å². The third-order valence-electron chi connectivity index (χ3n) is 5.61. The van der Waals surface area contributed by atoms with Gasteiger partial charge in [0.25, 0.3) is 0 Å². The molecule has 0 heterocycles. The van der Waals surface area contributed by atoms with Gasteiger partial charge in [0.15, 0.2) is 0 Å². The number of hydrogen-bond acceptors (Lipinski definition) is 3. The van der Waals surface area contributed by atoms with Gasteiger partial charge in [-0.3, -0.25) is 9.59 Å².